The van der Waals surface area contributed by atoms with Crippen molar-refractivity contribution in [1.29, 1.82) is 0 Å². The van der Waals surface area contributed by atoms with Gasteiger partial charge >= 0.3 is 0 Å². The van der Waals surface area contributed by atoms with Crippen molar-refractivity contribution in [2.24, 2.45) is 0 Å². The Morgan fingerprint density at radius 3 is 2.46 bits per heavy atom. The summed E-state index contributed by atoms with van der Waals surface area (Å²) in [4.78, 5) is 12.0. The molecule has 0 fully saturated rings. The lowest BCUT2D eigenvalue weighted by Gasteiger charge is -2.14. The highest BCUT2D eigenvalue weighted by atomic mass is 32.2. The van der Waals surface area contributed by atoms with Gasteiger partial charge in [-0.3, -0.25) is 4.79 Å². The number of ether oxygens (including phenoxy) is 1. The average Bonchev–Trinajstić information content (AvgIpc) is 2.54. The lowest BCUT2D eigenvalue weighted by atomic mass is 10.1. The Balaban J connectivity index is 1.64. The minimum Gasteiger partial charge on any atom is -0.493 e. The third-order valence-electron chi connectivity index (χ3n) is 3.60. The summed E-state index contributed by atoms with van der Waals surface area (Å²) in [5, 5.41) is 3.02. The second kappa shape index (κ2) is 9.38. The number of rotatable bonds is 8. The van der Waals surface area contributed by atoms with Gasteiger partial charge in [-0.05, 0) is 49.6 Å². The normalized spacial score (nSPS) is 11.8. The number of nitrogens with one attached hydrogen (secondary N) is 1. The van der Waals surface area contributed by atoms with Gasteiger partial charge in [0.15, 0.2) is 0 Å². The summed E-state index contributed by atoms with van der Waals surface area (Å²) in [6, 6.07) is 16.2. The highest BCUT2D eigenvalue weighted by molar-refractivity contribution is 7.99. The molecule has 1 atom stereocenters. The van der Waals surface area contributed by atoms with Gasteiger partial charge in [0.25, 0.3) is 0 Å². The van der Waals surface area contributed by atoms with E-state index >= 15 is 0 Å². The summed E-state index contributed by atoms with van der Waals surface area (Å²) in [6.07, 6.45) is 0. The molecule has 0 aliphatic heterocycles. The molecule has 2 aromatic carbocycles. The highest BCUT2D eigenvalue weighted by Gasteiger charge is 2.08. The molecule has 2 aromatic rings. The monoisotopic (exact) mass is 343 g/mol. The molecule has 0 aromatic heterocycles. The van der Waals surface area contributed by atoms with E-state index in [4.69, 9.17) is 4.74 Å². The van der Waals surface area contributed by atoms with Crippen LogP contribution >= 0.6 is 11.8 Å². The number of hydrogen-bond acceptors (Lipinski definition) is 3. The van der Waals surface area contributed by atoms with Crippen LogP contribution in [0.3, 0.4) is 0 Å². The third-order valence-corrected chi connectivity index (χ3v) is 4.52. The minimum absolute atomic E-state index is 0.0332. The van der Waals surface area contributed by atoms with Crippen LogP contribution in [0.15, 0.2) is 48.5 Å². The smallest absolute Gasteiger partial charge is 0.230 e. The Hall–Kier alpha value is -1.94. The van der Waals surface area contributed by atoms with E-state index in [1.165, 1.54) is 11.1 Å². The molecule has 128 valence electrons. The molecular weight excluding hydrogens is 318 g/mol. The van der Waals surface area contributed by atoms with E-state index < -0.39 is 0 Å². The fraction of sp³-hybridized carbons (Fsp3) is 0.350. The maximum Gasteiger partial charge on any atom is 0.230 e. The SMILES string of the molecule is Cc1cc(C)cc(OCCSCC(=O)N[C@@H](C)c2ccccc2)c1. The van der Waals surface area contributed by atoms with Crippen LogP contribution in [-0.2, 0) is 4.79 Å². The molecule has 0 aliphatic carbocycles. The number of aryl methyl sites for hydroxylation is 2. The van der Waals surface area contributed by atoms with Crippen LogP contribution in [0.4, 0.5) is 0 Å². The van der Waals surface area contributed by atoms with Crippen molar-refractivity contribution < 1.29 is 9.53 Å². The van der Waals surface area contributed by atoms with Gasteiger partial charge in [-0.1, -0.05) is 36.4 Å². The first-order valence-electron chi connectivity index (χ1n) is 8.18. The van der Waals surface area contributed by atoms with E-state index in [2.05, 4.69) is 25.2 Å². The zero-order valence-corrected chi connectivity index (χ0v) is 15.4. The van der Waals surface area contributed by atoms with Crippen molar-refractivity contribution in [3.05, 3.63) is 65.2 Å². The first-order valence-corrected chi connectivity index (χ1v) is 9.33. The van der Waals surface area contributed by atoms with Gasteiger partial charge in [0.05, 0.1) is 18.4 Å². The standard InChI is InChI=1S/C20H25NO2S/c1-15-11-16(2)13-19(12-15)23-9-10-24-14-20(22)21-17(3)18-7-5-4-6-8-18/h4-8,11-13,17H,9-10,14H2,1-3H3,(H,21,22)/t17-/m0/s1. The predicted octanol–water partition coefficient (Wildman–Crippen LogP) is 4.29. The zero-order chi connectivity index (χ0) is 17.4. The van der Waals surface area contributed by atoms with Crippen molar-refractivity contribution in [2.75, 3.05) is 18.1 Å². The summed E-state index contributed by atoms with van der Waals surface area (Å²) >= 11 is 1.59. The molecule has 0 aliphatic rings. The topological polar surface area (TPSA) is 38.3 Å². The lowest BCUT2D eigenvalue weighted by molar-refractivity contribution is -0.119. The number of thioether (sulfide) groups is 1. The summed E-state index contributed by atoms with van der Waals surface area (Å²) in [6.45, 7) is 6.73. The third kappa shape index (κ3) is 6.28. The molecule has 0 saturated heterocycles. The number of carbonyl (C=O) groups is 1. The second-order valence-electron chi connectivity index (χ2n) is 5.92. The summed E-state index contributed by atoms with van der Waals surface area (Å²) in [5.74, 6) is 2.20. The molecular formula is C20H25NO2S. The van der Waals surface area contributed by atoms with E-state index in [1.54, 1.807) is 11.8 Å². The molecule has 0 unspecified atom stereocenters. The molecule has 0 saturated carbocycles. The fourth-order valence-electron chi connectivity index (χ4n) is 2.51. The lowest BCUT2D eigenvalue weighted by Crippen LogP contribution is -2.28. The maximum atomic E-state index is 12.0. The van der Waals surface area contributed by atoms with E-state index in [0.29, 0.717) is 12.4 Å². The predicted molar refractivity (Wildman–Crippen MR) is 102 cm³/mol. The van der Waals surface area contributed by atoms with Crippen LogP contribution in [0.5, 0.6) is 5.75 Å². The zero-order valence-electron chi connectivity index (χ0n) is 14.5. The van der Waals surface area contributed by atoms with Gasteiger partial charge in [-0.25, -0.2) is 0 Å². The molecule has 4 heteroatoms. The number of hydrogen-bond donors (Lipinski definition) is 1. The van der Waals surface area contributed by atoms with Crippen LogP contribution in [-0.4, -0.2) is 24.0 Å². The number of benzene rings is 2. The van der Waals surface area contributed by atoms with Crippen LogP contribution in [0.2, 0.25) is 0 Å². The number of amides is 1. The van der Waals surface area contributed by atoms with Gasteiger partial charge in [0.1, 0.15) is 5.75 Å². The van der Waals surface area contributed by atoms with Gasteiger partial charge in [0, 0.05) is 5.75 Å². The molecule has 0 radical (unpaired) electrons. The molecule has 0 heterocycles. The van der Waals surface area contributed by atoms with E-state index in [1.807, 2.05) is 49.4 Å². The summed E-state index contributed by atoms with van der Waals surface area (Å²) < 4.78 is 5.75. The van der Waals surface area contributed by atoms with Crippen LogP contribution in [0.1, 0.15) is 29.7 Å². The van der Waals surface area contributed by atoms with Crippen molar-refractivity contribution >= 4 is 17.7 Å². The first-order chi connectivity index (χ1) is 11.5. The van der Waals surface area contributed by atoms with E-state index in [0.717, 1.165) is 17.1 Å². The van der Waals surface area contributed by atoms with Crippen LogP contribution < -0.4 is 10.1 Å². The Morgan fingerprint density at radius 1 is 1.12 bits per heavy atom. The molecule has 1 amide bonds. The largest absolute Gasteiger partial charge is 0.493 e. The average molecular weight is 343 g/mol. The Bertz CT molecular complexity index is 638. The Morgan fingerprint density at radius 2 is 1.79 bits per heavy atom. The molecule has 24 heavy (non-hydrogen) atoms. The minimum atomic E-state index is 0.0332. The van der Waals surface area contributed by atoms with Gasteiger partial charge in [0.2, 0.25) is 5.91 Å². The van der Waals surface area contributed by atoms with Gasteiger partial charge in [-0.15, -0.1) is 11.8 Å². The highest BCUT2D eigenvalue weighted by Crippen LogP contribution is 2.16. The molecule has 1 N–H and O–H groups in total. The second-order valence-corrected chi connectivity index (χ2v) is 7.03. The molecule has 0 spiro atoms. The van der Waals surface area contributed by atoms with E-state index in [-0.39, 0.29) is 11.9 Å². The Labute approximate surface area is 148 Å². The van der Waals surface area contributed by atoms with Crippen molar-refractivity contribution in [3.8, 4) is 5.75 Å². The van der Waals surface area contributed by atoms with Gasteiger partial charge in [-0.2, -0.15) is 0 Å². The summed E-state index contributed by atoms with van der Waals surface area (Å²) in [5.41, 5.74) is 3.52. The fourth-order valence-corrected chi connectivity index (χ4v) is 3.12. The van der Waals surface area contributed by atoms with E-state index in [9.17, 15) is 4.79 Å². The van der Waals surface area contributed by atoms with Crippen LogP contribution in [0.25, 0.3) is 0 Å². The van der Waals surface area contributed by atoms with Crippen LogP contribution in [0, 0.1) is 13.8 Å². The molecule has 2 rings (SSSR count). The summed E-state index contributed by atoms with van der Waals surface area (Å²) in [7, 11) is 0. The quantitative estimate of drug-likeness (QED) is 0.727. The van der Waals surface area contributed by atoms with Crippen molar-refractivity contribution in [1.82, 2.24) is 5.32 Å². The maximum absolute atomic E-state index is 12.0. The van der Waals surface area contributed by atoms with Crippen molar-refractivity contribution in [3.63, 3.8) is 0 Å². The number of carbonyl (C=O) groups excluding carboxylic acids is 1. The molecule has 3 nitrogen and oxygen atoms in total. The first kappa shape index (κ1) is 18.4. The van der Waals surface area contributed by atoms with Crippen molar-refractivity contribution in [2.45, 2.75) is 26.8 Å². The van der Waals surface area contributed by atoms with Gasteiger partial charge < -0.3 is 10.1 Å². The Kier molecular flexibility index (Phi) is 7.19. The molecule has 0 bridgehead atoms.